The van der Waals surface area contributed by atoms with E-state index in [9.17, 15) is 8.42 Å². The lowest BCUT2D eigenvalue weighted by atomic mass is 10.1. The van der Waals surface area contributed by atoms with Crippen molar-refractivity contribution in [3.63, 3.8) is 0 Å². The maximum atomic E-state index is 11.3. The van der Waals surface area contributed by atoms with E-state index in [1.807, 2.05) is 31.2 Å². The number of guanidine groups is 1. The monoisotopic (exact) mass is 420 g/mol. The molecule has 2 rings (SSSR count). The molecule has 0 aromatic heterocycles. The summed E-state index contributed by atoms with van der Waals surface area (Å²) in [6, 6.07) is 14.0. The summed E-state index contributed by atoms with van der Waals surface area (Å²) in [5.74, 6) is 2.15. The molecule has 0 fully saturated rings. The number of nitrogens with zero attached hydrogens (tertiary/aromatic N) is 1. The minimum atomic E-state index is -3.66. The summed E-state index contributed by atoms with van der Waals surface area (Å²) >= 11 is 0. The first kappa shape index (κ1) is 22.5. The number of nitrogens with two attached hydrogens (primary N) is 1. The molecule has 1 atom stereocenters. The summed E-state index contributed by atoms with van der Waals surface area (Å²) in [6.07, 6.45) is 0.632. The van der Waals surface area contributed by atoms with Crippen molar-refractivity contribution in [2.75, 3.05) is 27.2 Å². The van der Waals surface area contributed by atoms with E-state index in [0.717, 1.165) is 17.1 Å². The van der Waals surface area contributed by atoms with Crippen LogP contribution < -0.4 is 25.2 Å². The number of rotatable bonds is 9. The van der Waals surface area contributed by atoms with Crippen molar-refractivity contribution in [1.29, 1.82) is 0 Å². The zero-order valence-corrected chi connectivity index (χ0v) is 17.7. The van der Waals surface area contributed by atoms with Crippen LogP contribution in [0.2, 0.25) is 0 Å². The molecule has 0 amide bonds. The van der Waals surface area contributed by atoms with Crippen LogP contribution in [0, 0.1) is 0 Å². The lowest BCUT2D eigenvalue weighted by Gasteiger charge is -2.18. The van der Waals surface area contributed by atoms with Gasteiger partial charge in [-0.25, -0.2) is 13.6 Å². The van der Waals surface area contributed by atoms with E-state index in [1.165, 1.54) is 12.1 Å². The maximum absolute atomic E-state index is 11.3. The minimum absolute atomic E-state index is 0.0774. The molecule has 0 bridgehead atoms. The van der Waals surface area contributed by atoms with Gasteiger partial charge in [-0.3, -0.25) is 4.99 Å². The van der Waals surface area contributed by atoms with Gasteiger partial charge in [0.05, 0.1) is 18.6 Å². The molecule has 2 aromatic rings. The predicted molar refractivity (Wildman–Crippen MR) is 114 cm³/mol. The highest BCUT2D eigenvalue weighted by molar-refractivity contribution is 7.89. The smallest absolute Gasteiger partial charge is 0.238 e. The van der Waals surface area contributed by atoms with Crippen LogP contribution in [0.25, 0.3) is 0 Å². The Balaban J connectivity index is 1.76. The van der Waals surface area contributed by atoms with E-state index >= 15 is 0 Å². The van der Waals surface area contributed by atoms with Crippen LogP contribution in [0.5, 0.6) is 11.5 Å². The second-order valence-corrected chi connectivity index (χ2v) is 7.99. The fourth-order valence-electron chi connectivity index (χ4n) is 2.58. The van der Waals surface area contributed by atoms with E-state index in [1.54, 1.807) is 26.3 Å². The second kappa shape index (κ2) is 10.7. The number of sulfonamides is 1. The first-order chi connectivity index (χ1) is 13.8. The molecule has 0 spiro atoms. The largest absolute Gasteiger partial charge is 0.497 e. The first-order valence-corrected chi connectivity index (χ1v) is 10.7. The lowest BCUT2D eigenvalue weighted by Crippen LogP contribution is -2.42. The van der Waals surface area contributed by atoms with Gasteiger partial charge in [-0.05, 0) is 43.2 Å². The number of aliphatic imine (C=N–C) groups is 1. The van der Waals surface area contributed by atoms with E-state index in [-0.39, 0.29) is 11.0 Å². The Labute approximate surface area is 172 Å². The fourth-order valence-corrected chi connectivity index (χ4v) is 3.10. The fraction of sp³-hybridized carbons (Fsp3) is 0.350. The topological polar surface area (TPSA) is 115 Å². The van der Waals surface area contributed by atoms with E-state index in [4.69, 9.17) is 14.6 Å². The van der Waals surface area contributed by atoms with Gasteiger partial charge in [-0.15, -0.1) is 0 Å². The molecule has 0 radical (unpaired) electrons. The van der Waals surface area contributed by atoms with Crippen LogP contribution in [-0.4, -0.2) is 47.7 Å². The Hall–Kier alpha value is -2.78. The SMILES string of the molecule is CN=C(NCCc1ccc(S(N)(=O)=O)cc1)NCC(C)Oc1cccc(OC)c1. The highest BCUT2D eigenvalue weighted by Gasteiger charge is 2.08. The molecule has 158 valence electrons. The second-order valence-electron chi connectivity index (χ2n) is 6.43. The van der Waals surface area contributed by atoms with Crippen molar-refractivity contribution in [2.24, 2.45) is 10.1 Å². The van der Waals surface area contributed by atoms with Gasteiger partial charge in [0, 0.05) is 19.7 Å². The van der Waals surface area contributed by atoms with Crippen molar-refractivity contribution in [2.45, 2.75) is 24.3 Å². The normalized spacial score (nSPS) is 12.9. The van der Waals surface area contributed by atoms with Crippen molar-refractivity contribution < 1.29 is 17.9 Å². The van der Waals surface area contributed by atoms with Crippen LogP contribution in [-0.2, 0) is 16.4 Å². The number of ether oxygens (including phenoxy) is 2. The summed E-state index contributed by atoms with van der Waals surface area (Å²) in [4.78, 5) is 4.30. The zero-order valence-electron chi connectivity index (χ0n) is 16.9. The highest BCUT2D eigenvalue weighted by Crippen LogP contribution is 2.19. The standard InChI is InChI=1S/C20H28N4O4S/c1-15(28-18-6-4-5-17(13-18)27-3)14-24-20(22-2)23-12-11-16-7-9-19(10-8-16)29(21,25)26/h4-10,13,15H,11-12,14H2,1-3H3,(H2,21,25,26)(H2,22,23,24). The third kappa shape index (κ3) is 7.63. The van der Waals surface area contributed by atoms with Crippen LogP contribution in [0.15, 0.2) is 58.4 Å². The van der Waals surface area contributed by atoms with E-state index in [0.29, 0.717) is 25.5 Å². The van der Waals surface area contributed by atoms with Gasteiger partial charge < -0.3 is 20.1 Å². The summed E-state index contributed by atoms with van der Waals surface area (Å²) in [5.41, 5.74) is 0.995. The van der Waals surface area contributed by atoms with Crippen LogP contribution in [0.3, 0.4) is 0 Å². The Kier molecular flexibility index (Phi) is 8.29. The first-order valence-electron chi connectivity index (χ1n) is 9.19. The molecule has 0 heterocycles. The predicted octanol–water partition coefficient (Wildman–Crippen LogP) is 1.52. The lowest BCUT2D eigenvalue weighted by molar-refractivity contribution is 0.223. The van der Waals surface area contributed by atoms with Gasteiger partial charge in [0.1, 0.15) is 17.6 Å². The molecule has 4 N–H and O–H groups in total. The summed E-state index contributed by atoms with van der Waals surface area (Å²) < 4.78 is 33.6. The molecule has 2 aromatic carbocycles. The molecule has 8 nitrogen and oxygen atoms in total. The average molecular weight is 421 g/mol. The number of hydrogen-bond acceptors (Lipinski definition) is 5. The molecule has 0 saturated carbocycles. The van der Waals surface area contributed by atoms with Gasteiger partial charge in [-0.2, -0.15) is 0 Å². The van der Waals surface area contributed by atoms with E-state index < -0.39 is 10.0 Å². The molecule has 0 aliphatic carbocycles. The van der Waals surface area contributed by atoms with Crippen molar-refractivity contribution in [3.8, 4) is 11.5 Å². The van der Waals surface area contributed by atoms with Crippen molar-refractivity contribution >= 4 is 16.0 Å². The van der Waals surface area contributed by atoms with Gasteiger partial charge in [0.2, 0.25) is 10.0 Å². The Morgan fingerprint density at radius 2 is 1.83 bits per heavy atom. The molecule has 0 saturated heterocycles. The molecular weight excluding hydrogens is 392 g/mol. The van der Waals surface area contributed by atoms with Gasteiger partial charge in [-0.1, -0.05) is 18.2 Å². The minimum Gasteiger partial charge on any atom is -0.497 e. The third-order valence-corrected chi connectivity index (χ3v) is 5.05. The number of primary sulfonamides is 1. The van der Waals surface area contributed by atoms with E-state index in [2.05, 4.69) is 15.6 Å². The number of hydrogen-bond donors (Lipinski definition) is 3. The molecular formula is C20H28N4O4S. The van der Waals surface area contributed by atoms with Crippen LogP contribution in [0.4, 0.5) is 0 Å². The molecule has 0 aliphatic heterocycles. The van der Waals surface area contributed by atoms with Gasteiger partial charge in [0.25, 0.3) is 0 Å². The third-order valence-electron chi connectivity index (χ3n) is 4.12. The quantitative estimate of drug-likeness (QED) is 0.418. The molecule has 29 heavy (non-hydrogen) atoms. The van der Waals surface area contributed by atoms with Gasteiger partial charge in [0.15, 0.2) is 5.96 Å². The molecule has 1 unspecified atom stereocenters. The maximum Gasteiger partial charge on any atom is 0.238 e. The Morgan fingerprint density at radius 1 is 1.14 bits per heavy atom. The summed E-state index contributed by atoms with van der Waals surface area (Å²) in [5, 5.41) is 11.5. The van der Waals surface area contributed by atoms with Crippen LogP contribution >= 0.6 is 0 Å². The van der Waals surface area contributed by atoms with Crippen LogP contribution in [0.1, 0.15) is 12.5 Å². The van der Waals surface area contributed by atoms with Gasteiger partial charge >= 0.3 is 0 Å². The number of nitrogens with one attached hydrogen (secondary N) is 2. The Bertz CT molecular complexity index is 914. The number of methoxy groups -OCH3 is 1. The molecule has 0 aliphatic rings. The number of benzene rings is 2. The highest BCUT2D eigenvalue weighted by atomic mass is 32.2. The summed E-state index contributed by atoms with van der Waals surface area (Å²) in [7, 11) is -0.346. The van der Waals surface area contributed by atoms with Crippen molar-refractivity contribution in [1.82, 2.24) is 10.6 Å². The summed E-state index contributed by atoms with van der Waals surface area (Å²) in [6.45, 7) is 3.17. The molecule has 9 heteroatoms. The Morgan fingerprint density at radius 3 is 2.45 bits per heavy atom. The van der Waals surface area contributed by atoms with Crippen molar-refractivity contribution in [3.05, 3.63) is 54.1 Å². The zero-order chi connectivity index (χ0) is 21.3. The average Bonchev–Trinajstić information content (AvgIpc) is 2.70.